The van der Waals surface area contributed by atoms with Crippen molar-refractivity contribution >= 4 is 0 Å². The van der Waals surface area contributed by atoms with Crippen LogP contribution in [0.4, 0.5) is 0 Å². The number of ether oxygens (including phenoxy) is 1. The Kier molecular flexibility index (Phi) is 8.11. The second-order valence-electron chi connectivity index (χ2n) is 6.98. The molecule has 2 aliphatic heterocycles. The lowest BCUT2D eigenvalue weighted by molar-refractivity contribution is 0.0356. The maximum absolute atomic E-state index is 10.3. The smallest absolute Gasteiger partial charge is 0.0793 e. The fourth-order valence-electron chi connectivity index (χ4n) is 3.43. The lowest BCUT2D eigenvalue weighted by Crippen LogP contribution is -2.50. The summed E-state index contributed by atoms with van der Waals surface area (Å²) in [7, 11) is 0. The zero-order valence-corrected chi connectivity index (χ0v) is 14.5. The Bertz CT molecular complexity index is 288. The average molecular weight is 313 g/mol. The van der Waals surface area contributed by atoms with Gasteiger partial charge in [-0.25, -0.2) is 0 Å². The Balaban J connectivity index is 1.57. The molecular formula is C17H35N3O2. The summed E-state index contributed by atoms with van der Waals surface area (Å²) in [6.45, 7) is 15.4. The fourth-order valence-corrected chi connectivity index (χ4v) is 3.43. The van der Waals surface area contributed by atoms with Crippen LogP contribution >= 0.6 is 0 Å². The van der Waals surface area contributed by atoms with E-state index < -0.39 is 0 Å². The molecule has 5 heteroatoms. The van der Waals surface area contributed by atoms with Crippen molar-refractivity contribution in [3.63, 3.8) is 0 Å². The number of piperazine rings is 1. The van der Waals surface area contributed by atoms with Crippen molar-refractivity contribution < 1.29 is 9.84 Å². The molecule has 5 nitrogen and oxygen atoms in total. The van der Waals surface area contributed by atoms with E-state index in [0.717, 1.165) is 78.0 Å². The van der Waals surface area contributed by atoms with Crippen molar-refractivity contribution in [1.82, 2.24) is 14.7 Å². The van der Waals surface area contributed by atoms with Gasteiger partial charge in [-0.3, -0.25) is 9.80 Å². The van der Waals surface area contributed by atoms with Crippen LogP contribution in [0.5, 0.6) is 0 Å². The van der Waals surface area contributed by atoms with Crippen molar-refractivity contribution in [2.45, 2.75) is 32.8 Å². The first-order valence-corrected chi connectivity index (χ1v) is 9.10. The van der Waals surface area contributed by atoms with Gasteiger partial charge in [0.1, 0.15) is 0 Å². The molecule has 0 bridgehead atoms. The van der Waals surface area contributed by atoms with Gasteiger partial charge in [-0.05, 0) is 38.8 Å². The molecule has 0 saturated carbocycles. The molecule has 22 heavy (non-hydrogen) atoms. The lowest BCUT2D eigenvalue weighted by atomic mass is 9.99. The van der Waals surface area contributed by atoms with Gasteiger partial charge in [-0.15, -0.1) is 0 Å². The number of aliphatic hydroxyl groups excluding tert-OH is 1. The predicted molar refractivity (Wildman–Crippen MR) is 90.2 cm³/mol. The first-order chi connectivity index (χ1) is 10.7. The minimum absolute atomic E-state index is 0.205. The number of nitrogens with zero attached hydrogens (tertiary/aromatic N) is 3. The highest BCUT2D eigenvalue weighted by molar-refractivity contribution is 4.77. The van der Waals surface area contributed by atoms with Crippen molar-refractivity contribution in [1.29, 1.82) is 0 Å². The standard InChI is InChI=1S/C17H35N3O2/c1-3-22-13-12-18-8-10-20(11-9-18)15-17(21)14-19-6-4-16(2)5-7-19/h16-17,21H,3-15H2,1-2H3. The Hall–Kier alpha value is -0.200. The molecule has 130 valence electrons. The second-order valence-corrected chi connectivity index (χ2v) is 6.98. The van der Waals surface area contributed by atoms with E-state index in [1.807, 2.05) is 6.92 Å². The van der Waals surface area contributed by atoms with Crippen LogP contribution < -0.4 is 0 Å². The molecule has 1 atom stereocenters. The number of aliphatic hydroxyl groups is 1. The van der Waals surface area contributed by atoms with Crippen LogP contribution in [0, 0.1) is 5.92 Å². The zero-order valence-electron chi connectivity index (χ0n) is 14.5. The van der Waals surface area contributed by atoms with Crippen LogP contribution in [-0.4, -0.2) is 98.0 Å². The Morgan fingerprint density at radius 2 is 1.50 bits per heavy atom. The van der Waals surface area contributed by atoms with E-state index in [9.17, 15) is 5.11 Å². The maximum Gasteiger partial charge on any atom is 0.0793 e. The molecule has 2 saturated heterocycles. The van der Waals surface area contributed by atoms with E-state index in [4.69, 9.17) is 4.74 Å². The Morgan fingerprint density at radius 1 is 0.955 bits per heavy atom. The molecule has 0 aromatic rings. The van der Waals surface area contributed by atoms with Gasteiger partial charge in [0.05, 0.1) is 12.7 Å². The number of β-amino-alcohol motifs (C(OH)–C–C–N with tert-alkyl or cyclic N) is 1. The largest absolute Gasteiger partial charge is 0.390 e. The molecule has 0 radical (unpaired) electrons. The van der Waals surface area contributed by atoms with Crippen molar-refractivity contribution in [3.05, 3.63) is 0 Å². The molecule has 2 fully saturated rings. The third-order valence-electron chi connectivity index (χ3n) is 5.04. The van der Waals surface area contributed by atoms with E-state index >= 15 is 0 Å². The van der Waals surface area contributed by atoms with Gasteiger partial charge in [0.15, 0.2) is 0 Å². The summed E-state index contributed by atoms with van der Waals surface area (Å²) in [5, 5.41) is 10.3. The number of piperidine rings is 1. The van der Waals surface area contributed by atoms with Gasteiger partial charge in [0, 0.05) is 52.4 Å². The molecule has 0 aromatic carbocycles. The molecule has 0 amide bonds. The Labute approximate surface area is 136 Å². The topological polar surface area (TPSA) is 39.2 Å². The van der Waals surface area contributed by atoms with Gasteiger partial charge in [0.2, 0.25) is 0 Å². The summed E-state index contributed by atoms with van der Waals surface area (Å²) in [4.78, 5) is 7.31. The quantitative estimate of drug-likeness (QED) is 0.669. The molecule has 0 aliphatic carbocycles. The lowest BCUT2D eigenvalue weighted by Gasteiger charge is -2.37. The number of likely N-dealkylation sites (tertiary alicyclic amines) is 1. The van der Waals surface area contributed by atoms with Gasteiger partial charge in [-0.1, -0.05) is 6.92 Å². The number of hydrogen-bond donors (Lipinski definition) is 1. The molecule has 2 heterocycles. The summed E-state index contributed by atoms with van der Waals surface area (Å²) < 4.78 is 5.42. The van der Waals surface area contributed by atoms with E-state index in [-0.39, 0.29) is 6.10 Å². The molecule has 2 rings (SSSR count). The molecule has 1 N–H and O–H groups in total. The highest BCUT2D eigenvalue weighted by Crippen LogP contribution is 2.16. The third-order valence-corrected chi connectivity index (χ3v) is 5.04. The van der Waals surface area contributed by atoms with Crippen LogP contribution in [0.25, 0.3) is 0 Å². The molecule has 0 spiro atoms. The van der Waals surface area contributed by atoms with Crippen LogP contribution in [0.2, 0.25) is 0 Å². The third kappa shape index (κ3) is 6.50. The highest BCUT2D eigenvalue weighted by atomic mass is 16.5. The summed E-state index contributed by atoms with van der Waals surface area (Å²) >= 11 is 0. The van der Waals surface area contributed by atoms with Crippen LogP contribution in [0.15, 0.2) is 0 Å². The zero-order chi connectivity index (χ0) is 15.8. The van der Waals surface area contributed by atoms with Gasteiger partial charge in [0.25, 0.3) is 0 Å². The number of hydrogen-bond acceptors (Lipinski definition) is 5. The van der Waals surface area contributed by atoms with E-state index in [2.05, 4.69) is 21.6 Å². The normalized spacial score (nSPS) is 24.7. The van der Waals surface area contributed by atoms with Gasteiger partial charge < -0.3 is 14.7 Å². The minimum atomic E-state index is -0.205. The van der Waals surface area contributed by atoms with E-state index in [0.29, 0.717) is 0 Å². The first kappa shape index (κ1) is 18.1. The monoisotopic (exact) mass is 313 g/mol. The van der Waals surface area contributed by atoms with E-state index in [1.165, 1.54) is 12.8 Å². The summed E-state index contributed by atoms with van der Waals surface area (Å²) in [5.74, 6) is 0.859. The number of rotatable bonds is 8. The summed E-state index contributed by atoms with van der Waals surface area (Å²) in [6, 6.07) is 0. The van der Waals surface area contributed by atoms with Gasteiger partial charge >= 0.3 is 0 Å². The van der Waals surface area contributed by atoms with Crippen molar-refractivity contribution in [2.75, 3.05) is 72.1 Å². The molecular weight excluding hydrogens is 278 g/mol. The van der Waals surface area contributed by atoms with Crippen molar-refractivity contribution in [3.8, 4) is 0 Å². The van der Waals surface area contributed by atoms with E-state index in [1.54, 1.807) is 0 Å². The minimum Gasteiger partial charge on any atom is -0.390 e. The van der Waals surface area contributed by atoms with Crippen LogP contribution in [-0.2, 0) is 4.74 Å². The van der Waals surface area contributed by atoms with Crippen LogP contribution in [0.3, 0.4) is 0 Å². The van der Waals surface area contributed by atoms with Crippen LogP contribution in [0.1, 0.15) is 26.7 Å². The second kappa shape index (κ2) is 9.83. The Morgan fingerprint density at radius 3 is 2.09 bits per heavy atom. The van der Waals surface area contributed by atoms with Crippen molar-refractivity contribution in [2.24, 2.45) is 5.92 Å². The average Bonchev–Trinajstić information content (AvgIpc) is 2.51. The molecule has 2 aliphatic rings. The SMILES string of the molecule is CCOCCN1CCN(CC(O)CN2CCC(C)CC2)CC1. The predicted octanol–water partition coefficient (Wildman–Crippen LogP) is 0.733. The highest BCUT2D eigenvalue weighted by Gasteiger charge is 2.22. The van der Waals surface area contributed by atoms with Gasteiger partial charge in [-0.2, -0.15) is 0 Å². The fraction of sp³-hybridized carbons (Fsp3) is 1.00. The molecule has 1 unspecified atom stereocenters. The molecule has 0 aromatic heterocycles. The summed E-state index contributed by atoms with van der Waals surface area (Å²) in [6.07, 6.45) is 2.36. The summed E-state index contributed by atoms with van der Waals surface area (Å²) in [5.41, 5.74) is 0. The maximum atomic E-state index is 10.3. The first-order valence-electron chi connectivity index (χ1n) is 9.10.